The zero-order chi connectivity index (χ0) is 17.5. The lowest BCUT2D eigenvalue weighted by atomic mass is 9.51. The Bertz CT molecular complexity index is 779. The minimum absolute atomic E-state index is 0.226. The number of hydrogen-bond acceptors (Lipinski definition) is 5. The first kappa shape index (κ1) is 15.5. The van der Waals surface area contributed by atoms with Gasteiger partial charge in [-0.1, -0.05) is 0 Å². The van der Waals surface area contributed by atoms with E-state index in [9.17, 15) is 9.90 Å². The number of methoxy groups -OCH3 is 1. The third-order valence-electron chi connectivity index (χ3n) is 7.16. The van der Waals surface area contributed by atoms with Gasteiger partial charge in [0.25, 0.3) is 0 Å². The van der Waals surface area contributed by atoms with Crippen molar-refractivity contribution >= 4 is 5.91 Å². The van der Waals surface area contributed by atoms with E-state index in [1.807, 2.05) is 0 Å². The number of aliphatic hydroxyl groups is 1. The molecule has 1 amide bonds. The Balaban J connectivity index is 1.84. The molecule has 2 aliphatic carbocycles. The van der Waals surface area contributed by atoms with Gasteiger partial charge >= 0.3 is 0 Å². The van der Waals surface area contributed by atoms with Crippen LogP contribution in [0.4, 0.5) is 0 Å². The molecule has 1 spiro atoms. The number of rotatable bonds is 2. The molecule has 1 saturated heterocycles. The number of primary amides is 1. The first-order valence-electron chi connectivity index (χ1n) is 9.08. The molecule has 1 aromatic carbocycles. The van der Waals surface area contributed by atoms with Gasteiger partial charge in [0.2, 0.25) is 5.91 Å². The summed E-state index contributed by atoms with van der Waals surface area (Å²) >= 11 is 0. The molecule has 2 heterocycles. The van der Waals surface area contributed by atoms with E-state index in [-0.39, 0.29) is 11.5 Å². The molecular formula is C19H24N2O4. The molecule has 5 atom stereocenters. The minimum Gasteiger partial charge on any atom is -0.493 e. The number of amides is 1. The quantitative estimate of drug-likeness (QED) is 0.830. The van der Waals surface area contributed by atoms with Gasteiger partial charge in [-0.2, -0.15) is 0 Å². The Kier molecular flexibility index (Phi) is 3.02. The second-order valence-corrected chi connectivity index (χ2v) is 8.01. The van der Waals surface area contributed by atoms with Crippen LogP contribution in [0.15, 0.2) is 6.07 Å². The molecule has 134 valence electrons. The fourth-order valence-corrected chi connectivity index (χ4v) is 6.15. The Morgan fingerprint density at radius 1 is 1.48 bits per heavy atom. The number of benzene rings is 1. The summed E-state index contributed by atoms with van der Waals surface area (Å²) in [5.74, 6) is 1.29. The lowest BCUT2D eigenvalue weighted by Gasteiger charge is -2.58. The molecule has 6 heteroatoms. The predicted molar refractivity (Wildman–Crippen MR) is 91.1 cm³/mol. The molecule has 0 unspecified atom stereocenters. The van der Waals surface area contributed by atoms with Crippen molar-refractivity contribution in [1.29, 1.82) is 0 Å². The molecule has 1 saturated carbocycles. The van der Waals surface area contributed by atoms with Crippen molar-refractivity contribution in [2.75, 3.05) is 20.7 Å². The second kappa shape index (κ2) is 4.89. The molecular weight excluding hydrogens is 320 g/mol. The number of carbonyl (C=O) groups excluding carboxylic acids is 1. The second-order valence-electron chi connectivity index (χ2n) is 8.01. The first-order valence-corrected chi connectivity index (χ1v) is 9.08. The van der Waals surface area contributed by atoms with Gasteiger partial charge in [-0.3, -0.25) is 4.79 Å². The van der Waals surface area contributed by atoms with Gasteiger partial charge in [0, 0.05) is 22.6 Å². The molecule has 6 nitrogen and oxygen atoms in total. The van der Waals surface area contributed by atoms with Gasteiger partial charge in [-0.15, -0.1) is 0 Å². The smallest absolute Gasteiger partial charge is 0.249 e. The van der Waals surface area contributed by atoms with Crippen LogP contribution in [-0.2, 0) is 11.8 Å². The summed E-state index contributed by atoms with van der Waals surface area (Å²) in [5, 5.41) is 10.7. The number of piperidine rings is 1. The highest BCUT2D eigenvalue weighted by Gasteiger charge is 2.65. The Morgan fingerprint density at radius 2 is 2.28 bits per heavy atom. The molecule has 2 aliphatic heterocycles. The molecule has 2 bridgehead atoms. The standard InChI is InChI=1S/C19H24N2O4/c1-21-6-5-19-11-3-4-13(22)17(19)25-16-14(24-2)8-10(18(20)23)9(15(16)19)7-12(11)21/h8,11-13,17,22H,3-7H2,1-2H3,(H2,20,23)/t11-,12+,13-,17-,19-/m0/s1. The average molecular weight is 344 g/mol. The van der Waals surface area contributed by atoms with Crippen molar-refractivity contribution in [3.05, 3.63) is 22.8 Å². The van der Waals surface area contributed by atoms with Crippen molar-refractivity contribution in [2.24, 2.45) is 11.7 Å². The van der Waals surface area contributed by atoms with Gasteiger partial charge in [-0.05, 0) is 56.8 Å². The van der Waals surface area contributed by atoms with Crippen LogP contribution in [0.1, 0.15) is 40.7 Å². The van der Waals surface area contributed by atoms with Gasteiger partial charge in [0.05, 0.1) is 13.2 Å². The Morgan fingerprint density at radius 3 is 3.00 bits per heavy atom. The first-order chi connectivity index (χ1) is 12.0. The van der Waals surface area contributed by atoms with Crippen LogP contribution in [0, 0.1) is 5.92 Å². The molecule has 25 heavy (non-hydrogen) atoms. The Labute approximate surface area is 146 Å². The summed E-state index contributed by atoms with van der Waals surface area (Å²) in [5.41, 5.74) is 8.12. The fraction of sp³-hybridized carbons (Fsp3) is 0.632. The minimum atomic E-state index is -0.486. The average Bonchev–Trinajstić information content (AvgIpc) is 2.94. The van der Waals surface area contributed by atoms with E-state index in [0.717, 1.165) is 49.1 Å². The number of carbonyl (C=O) groups is 1. The molecule has 0 aromatic heterocycles. The topological polar surface area (TPSA) is 85.0 Å². The van der Waals surface area contributed by atoms with Crippen molar-refractivity contribution < 1.29 is 19.4 Å². The molecule has 1 aromatic rings. The van der Waals surface area contributed by atoms with Crippen LogP contribution in [0.25, 0.3) is 0 Å². The molecule has 4 aliphatic rings. The maximum Gasteiger partial charge on any atom is 0.249 e. The molecule has 0 radical (unpaired) electrons. The summed E-state index contributed by atoms with van der Waals surface area (Å²) in [7, 11) is 3.74. The SMILES string of the molecule is COc1cc(C(N)=O)c2c3c1O[C@H]1[C@@H](O)CC[C@H]4[C@@H](C2)N(C)CC[C@@]341. The van der Waals surface area contributed by atoms with Gasteiger partial charge < -0.3 is 25.2 Å². The summed E-state index contributed by atoms with van der Waals surface area (Å²) in [4.78, 5) is 14.6. The highest BCUT2D eigenvalue weighted by Crippen LogP contribution is 2.64. The summed E-state index contributed by atoms with van der Waals surface area (Å²) in [6.07, 6.45) is 2.74. The number of nitrogens with two attached hydrogens (primary N) is 1. The number of hydrogen-bond donors (Lipinski definition) is 2. The number of nitrogens with zero attached hydrogens (tertiary/aromatic N) is 1. The fourth-order valence-electron chi connectivity index (χ4n) is 6.15. The van der Waals surface area contributed by atoms with Crippen LogP contribution in [0.5, 0.6) is 11.5 Å². The third-order valence-corrected chi connectivity index (χ3v) is 7.16. The van der Waals surface area contributed by atoms with Crippen molar-refractivity contribution in [1.82, 2.24) is 4.90 Å². The van der Waals surface area contributed by atoms with E-state index in [0.29, 0.717) is 23.3 Å². The zero-order valence-corrected chi connectivity index (χ0v) is 14.6. The van der Waals surface area contributed by atoms with Crippen LogP contribution in [0.3, 0.4) is 0 Å². The highest BCUT2D eigenvalue weighted by atomic mass is 16.5. The summed E-state index contributed by atoms with van der Waals surface area (Å²) < 4.78 is 11.9. The summed E-state index contributed by atoms with van der Waals surface area (Å²) in [6.45, 7) is 0.968. The van der Waals surface area contributed by atoms with E-state index in [2.05, 4.69) is 11.9 Å². The zero-order valence-electron chi connectivity index (χ0n) is 14.6. The monoisotopic (exact) mass is 344 g/mol. The van der Waals surface area contributed by atoms with E-state index in [1.165, 1.54) is 0 Å². The van der Waals surface area contributed by atoms with E-state index >= 15 is 0 Å². The highest BCUT2D eigenvalue weighted by molar-refractivity contribution is 5.96. The van der Waals surface area contributed by atoms with Crippen LogP contribution >= 0.6 is 0 Å². The van der Waals surface area contributed by atoms with Crippen molar-refractivity contribution in [2.45, 2.75) is 49.3 Å². The number of likely N-dealkylation sites (tertiary alicyclic amines) is 1. The van der Waals surface area contributed by atoms with Gasteiger partial charge in [-0.25, -0.2) is 0 Å². The largest absolute Gasteiger partial charge is 0.493 e. The van der Waals surface area contributed by atoms with E-state index in [4.69, 9.17) is 15.2 Å². The van der Waals surface area contributed by atoms with Gasteiger partial charge in [0.15, 0.2) is 11.5 Å². The van der Waals surface area contributed by atoms with Gasteiger partial charge in [0.1, 0.15) is 6.10 Å². The van der Waals surface area contributed by atoms with Crippen LogP contribution in [-0.4, -0.2) is 54.9 Å². The molecule has 5 rings (SSSR count). The van der Waals surface area contributed by atoms with Crippen molar-refractivity contribution in [3.8, 4) is 11.5 Å². The predicted octanol–water partition coefficient (Wildman–Crippen LogP) is 0.824. The van der Waals surface area contributed by atoms with E-state index in [1.54, 1.807) is 13.2 Å². The van der Waals surface area contributed by atoms with Crippen molar-refractivity contribution in [3.63, 3.8) is 0 Å². The Hall–Kier alpha value is -1.79. The van der Waals surface area contributed by atoms with Crippen LogP contribution < -0.4 is 15.2 Å². The van der Waals surface area contributed by atoms with Crippen LogP contribution in [0.2, 0.25) is 0 Å². The maximum atomic E-state index is 12.2. The lowest BCUT2D eigenvalue weighted by molar-refractivity contribution is -0.0993. The molecule has 3 N–H and O–H groups in total. The number of aliphatic hydroxyl groups excluding tert-OH is 1. The maximum absolute atomic E-state index is 12.2. The summed E-state index contributed by atoms with van der Waals surface area (Å²) in [6, 6.07) is 2.07. The van der Waals surface area contributed by atoms with E-state index < -0.39 is 12.0 Å². The third kappa shape index (κ3) is 1.69. The lowest BCUT2D eigenvalue weighted by Crippen LogP contribution is -2.66. The normalized spacial score (nSPS) is 38.0. The number of ether oxygens (including phenoxy) is 2. The number of likely N-dealkylation sites (N-methyl/N-ethyl adjacent to an activating group) is 1. The molecule has 2 fully saturated rings.